The largest absolute Gasteiger partial charge is 0.481 e. The van der Waals surface area contributed by atoms with Gasteiger partial charge in [-0.25, -0.2) is 4.79 Å². The number of ether oxygens (including phenoxy) is 4. The molecule has 55 heavy (non-hydrogen) atoms. The van der Waals surface area contributed by atoms with E-state index in [1.165, 1.54) is 0 Å². The molecule has 5 aliphatic carbocycles. The minimum atomic E-state index is -2.04. The van der Waals surface area contributed by atoms with Crippen LogP contribution in [-0.2, 0) is 33.3 Å². The van der Waals surface area contributed by atoms with Crippen LogP contribution in [0.25, 0.3) is 0 Å². The highest BCUT2D eigenvalue weighted by atomic mass is 16.8. The molecule has 2 aliphatic heterocycles. The molecule has 0 unspecified atom stereocenters. The van der Waals surface area contributed by atoms with Crippen molar-refractivity contribution in [3.05, 3.63) is 11.6 Å². The van der Waals surface area contributed by atoms with Crippen LogP contribution in [0.4, 0.5) is 0 Å². The maximum absolute atomic E-state index is 14.8. The summed E-state index contributed by atoms with van der Waals surface area (Å²) in [6.45, 7) is 13.8. The Bertz CT molecular complexity index is 1610. The molecule has 0 spiro atoms. The van der Waals surface area contributed by atoms with Crippen LogP contribution in [0.5, 0.6) is 0 Å². The highest BCUT2D eigenvalue weighted by Crippen LogP contribution is 2.75. The average Bonchev–Trinajstić information content (AvgIpc) is 3.39. The summed E-state index contributed by atoms with van der Waals surface area (Å²) in [5, 5.41) is 72.9. The molecule has 0 amide bonds. The predicted molar refractivity (Wildman–Crippen MR) is 193 cm³/mol. The fraction of sp³-hybridized carbons (Fsp3) is 0.878. The second-order valence-corrected chi connectivity index (χ2v) is 20.3. The number of carbonyl (C=O) groups excluding carboxylic acids is 1. The lowest BCUT2D eigenvalue weighted by Crippen LogP contribution is -2.67. The number of aliphatic hydroxyl groups is 5. The van der Waals surface area contributed by atoms with E-state index in [4.69, 9.17) is 18.9 Å². The molecule has 0 aromatic carbocycles. The predicted octanol–water partition coefficient (Wildman–Crippen LogP) is 2.79. The van der Waals surface area contributed by atoms with Gasteiger partial charge in [-0.05, 0) is 110 Å². The van der Waals surface area contributed by atoms with Crippen molar-refractivity contribution in [3.8, 4) is 0 Å². The van der Waals surface area contributed by atoms with E-state index in [1.54, 1.807) is 0 Å². The zero-order valence-corrected chi connectivity index (χ0v) is 33.2. The topological polar surface area (TPSA) is 230 Å². The third-order valence-corrected chi connectivity index (χ3v) is 17.0. The maximum Gasteiger partial charge on any atom is 0.335 e. The zero-order chi connectivity index (χ0) is 40.5. The molecule has 7 rings (SSSR count). The Kier molecular flexibility index (Phi) is 9.92. The van der Waals surface area contributed by atoms with Gasteiger partial charge < -0.3 is 54.7 Å². The summed E-state index contributed by atoms with van der Waals surface area (Å²) in [5.74, 6) is -2.50. The SMILES string of the molecule is CC1(C)[C@@H](O[C@H]2O[C@@H](C(=O)O)[C@H](O)[C@@H](O)[C@@H]2O[C@H]2OC[C@](O)(CO)[C@@H]2O)CC[C@]2(C)[C@@H]1CC[C@@]1(C)[C@H]2C(=O)C=C2[C@@H]3C[C@](C)(C(=O)O)CC[C@]3(C)CC[C@@]21C. The minimum Gasteiger partial charge on any atom is -0.481 e. The highest BCUT2D eigenvalue weighted by molar-refractivity contribution is 5.95. The lowest BCUT2D eigenvalue weighted by atomic mass is 9.33. The molecule has 0 bridgehead atoms. The first-order chi connectivity index (χ1) is 25.4. The molecular weight excluding hydrogens is 716 g/mol. The first kappa shape index (κ1) is 41.2. The molecule has 0 radical (unpaired) electrons. The van der Waals surface area contributed by atoms with E-state index in [0.717, 1.165) is 37.7 Å². The van der Waals surface area contributed by atoms with Gasteiger partial charge in [-0.15, -0.1) is 0 Å². The Morgan fingerprint density at radius 2 is 1.55 bits per heavy atom. The van der Waals surface area contributed by atoms with E-state index in [1.807, 2.05) is 13.0 Å². The monoisotopic (exact) mass is 778 g/mol. The lowest BCUT2D eigenvalue weighted by Gasteiger charge is -2.70. The van der Waals surface area contributed by atoms with Gasteiger partial charge in [0.15, 0.2) is 24.5 Å². The van der Waals surface area contributed by atoms with E-state index in [2.05, 4.69) is 41.5 Å². The lowest BCUT2D eigenvalue weighted by molar-refractivity contribution is -0.349. The van der Waals surface area contributed by atoms with Gasteiger partial charge in [0.1, 0.15) is 30.0 Å². The number of rotatable bonds is 7. The number of ketones is 1. The molecule has 7 N–H and O–H groups in total. The standard InChI is InChI=1S/C41H62O14/c1-35(2)23-8-11-40(7)29(22(43)16-20-21-17-37(4,34(49)50)13-12-36(21,3)14-15-39(20,40)6)38(23,5)10-9-24(35)53-32-28(26(45)25(44)27(54-32)31(47)48)55-33-30(46)41(51,18-42)19-52-33/h16,21,23-30,32-33,42,44-46,51H,8-15,17-19H2,1-7H3,(H,47,48)(H,49,50)/t21-,23+,24-,25+,26+,27+,28-,29-,30+,32-,33+,36+,37+,38+,39-,40-,41+/m0/s1. The molecule has 14 heteroatoms. The van der Waals surface area contributed by atoms with Crippen molar-refractivity contribution < 1.29 is 69.1 Å². The van der Waals surface area contributed by atoms with Gasteiger partial charge in [-0.3, -0.25) is 9.59 Å². The van der Waals surface area contributed by atoms with Gasteiger partial charge in [0.2, 0.25) is 0 Å². The number of carboxylic acids is 2. The summed E-state index contributed by atoms with van der Waals surface area (Å²) in [6.07, 6.45) is -4.15. The number of aliphatic carboxylic acids is 2. The first-order valence-electron chi connectivity index (χ1n) is 20.1. The average molecular weight is 779 g/mol. The Labute approximate surface area is 322 Å². The van der Waals surface area contributed by atoms with Crippen LogP contribution in [0.3, 0.4) is 0 Å². The number of fused-ring (bicyclic) bond motifs is 7. The van der Waals surface area contributed by atoms with Gasteiger partial charge in [0.05, 0.1) is 24.7 Å². The molecule has 7 aliphatic rings. The van der Waals surface area contributed by atoms with Gasteiger partial charge in [-0.2, -0.15) is 0 Å². The number of carboxylic acid groups (broad SMARTS) is 2. The molecule has 0 aromatic rings. The third kappa shape index (κ3) is 5.85. The molecule has 6 fully saturated rings. The number of carbonyl (C=O) groups is 3. The number of hydrogen-bond acceptors (Lipinski definition) is 12. The molecule has 4 saturated carbocycles. The van der Waals surface area contributed by atoms with E-state index in [-0.39, 0.29) is 39.8 Å². The Morgan fingerprint density at radius 1 is 0.873 bits per heavy atom. The van der Waals surface area contributed by atoms with Gasteiger partial charge in [0, 0.05) is 5.92 Å². The second-order valence-electron chi connectivity index (χ2n) is 20.3. The van der Waals surface area contributed by atoms with Crippen molar-refractivity contribution in [1.29, 1.82) is 0 Å². The van der Waals surface area contributed by atoms with Crippen molar-refractivity contribution in [2.45, 2.75) is 161 Å². The summed E-state index contributed by atoms with van der Waals surface area (Å²) >= 11 is 0. The Balaban J connectivity index is 1.17. The van der Waals surface area contributed by atoms with E-state index >= 15 is 0 Å². The number of aliphatic hydroxyl groups excluding tert-OH is 4. The first-order valence-corrected chi connectivity index (χ1v) is 20.1. The van der Waals surface area contributed by atoms with Crippen molar-refractivity contribution in [3.63, 3.8) is 0 Å². The highest BCUT2D eigenvalue weighted by Gasteiger charge is 2.71. The maximum atomic E-state index is 14.8. The summed E-state index contributed by atoms with van der Waals surface area (Å²) in [5.41, 5.74) is -3.52. The van der Waals surface area contributed by atoms with Crippen LogP contribution in [0.15, 0.2) is 11.6 Å². The fourth-order valence-corrected chi connectivity index (χ4v) is 13.1. The van der Waals surface area contributed by atoms with Crippen molar-refractivity contribution >= 4 is 17.7 Å². The van der Waals surface area contributed by atoms with Crippen LogP contribution in [0.2, 0.25) is 0 Å². The number of allylic oxidation sites excluding steroid dienone is 2. The quantitative estimate of drug-likeness (QED) is 0.185. The minimum absolute atomic E-state index is 0.0104. The van der Waals surface area contributed by atoms with Crippen molar-refractivity contribution in [2.24, 2.45) is 50.2 Å². The van der Waals surface area contributed by atoms with Crippen LogP contribution < -0.4 is 0 Å². The third-order valence-electron chi connectivity index (χ3n) is 17.0. The van der Waals surface area contributed by atoms with Gasteiger partial charge in [0.25, 0.3) is 0 Å². The van der Waals surface area contributed by atoms with Gasteiger partial charge >= 0.3 is 11.9 Å². The molecule has 2 heterocycles. The van der Waals surface area contributed by atoms with Crippen LogP contribution in [-0.4, -0.2) is 121 Å². The molecule has 310 valence electrons. The molecule has 2 saturated heterocycles. The molecule has 17 atom stereocenters. The van der Waals surface area contributed by atoms with E-state index in [9.17, 15) is 50.1 Å². The van der Waals surface area contributed by atoms with Crippen LogP contribution >= 0.6 is 0 Å². The molecule has 14 nitrogen and oxygen atoms in total. The van der Waals surface area contributed by atoms with Crippen LogP contribution in [0.1, 0.15) is 106 Å². The number of hydrogen-bond donors (Lipinski definition) is 7. The van der Waals surface area contributed by atoms with Crippen molar-refractivity contribution in [1.82, 2.24) is 0 Å². The summed E-state index contributed by atoms with van der Waals surface area (Å²) < 4.78 is 23.7. The molecule has 0 aromatic heterocycles. The smallest absolute Gasteiger partial charge is 0.335 e. The normalized spacial score (nSPS) is 53.3. The summed E-state index contributed by atoms with van der Waals surface area (Å²) in [7, 11) is 0. The van der Waals surface area contributed by atoms with Crippen molar-refractivity contribution in [2.75, 3.05) is 13.2 Å². The summed E-state index contributed by atoms with van der Waals surface area (Å²) in [6, 6.07) is 0. The second kappa shape index (κ2) is 13.3. The van der Waals surface area contributed by atoms with Gasteiger partial charge in [-0.1, -0.05) is 47.1 Å². The fourth-order valence-electron chi connectivity index (χ4n) is 13.1. The Hall–Kier alpha value is -2.01. The van der Waals surface area contributed by atoms with E-state index in [0.29, 0.717) is 25.7 Å². The summed E-state index contributed by atoms with van der Waals surface area (Å²) in [4.78, 5) is 39.4. The van der Waals surface area contributed by atoms with Crippen LogP contribution in [0, 0.1) is 50.2 Å². The molecular formula is C41H62O14. The Morgan fingerprint density at radius 3 is 2.16 bits per heavy atom. The zero-order valence-electron chi connectivity index (χ0n) is 33.2. The van der Waals surface area contributed by atoms with E-state index < -0.39 is 96.2 Å².